The molecular formula is C13H7BrCl2N2O2S. The molecule has 0 radical (unpaired) electrons. The average Bonchev–Trinajstić information content (AvgIpc) is 2.42. The van der Waals surface area contributed by atoms with Crippen LogP contribution in [-0.2, 0) is 10.0 Å². The summed E-state index contributed by atoms with van der Waals surface area (Å²) >= 11 is 15.1. The van der Waals surface area contributed by atoms with Crippen LogP contribution in [0.4, 0.5) is 5.69 Å². The molecule has 0 amide bonds. The number of hydrogen-bond acceptors (Lipinski definition) is 3. The van der Waals surface area contributed by atoms with Crippen molar-refractivity contribution in [2.24, 2.45) is 0 Å². The maximum atomic E-state index is 12.3. The molecule has 0 aliphatic heterocycles. The number of nitriles is 1. The van der Waals surface area contributed by atoms with E-state index < -0.39 is 10.0 Å². The lowest BCUT2D eigenvalue weighted by molar-refractivity contribution is 0.601. The Morgan fingerprint density at radius 3 is 2.43 bits per heavy atom. The first kappa shape index (κ1) is 16.1. The van der Waals surface area contributed by atoms with E-state index in [-0.39, 0.29) is 26.2 Å². The normalized spacial score (nSPS) is 11.0. The molecule has 0 aromatic heterocycles. The molecule has 0 fully saturated rings. The van der Waals surface area contributed by atoms with E-state index in [9.17, 15) is 8.42 Å². The van der Waals surface area contributed by atoms with Crippen molar-refractivity contribution in [2.75, 3.05) is 4.72 Å². The van der Waals surface area contributed by atoms with Gasteiger partial charge in [0.25, 0.3) is 10.0 Å². The fourth-order valence-corrected chi connectivity index (χ4v) is 3.76. The van der Waals surface area contributed by atoms with E-state index in [1.54, 1.807) is 12.1 Å². The van der Waals surface area contributed by atoms with Gasteiger partial charge in [-0.25, -0.2) is 8.42 Å². The third-order valence-corrected chi connectivity index (χ3v) is 5.19. The molecule has 0 aliphatic rings. The van der Waals surface area contributed by atoms with Gasteiger partial charge in [0.05, 0.1) is 27.4 Å². The largest absolute Gasteiger partial charge is 0.278 e. The van der Waals surface area contributed by atoms with Gasteiger partial charge in [-0.15, -0.1) is 0 Å². The summed E-state index contributed by atoms with van der Waals surface area (Å²) in [5.41, 5.74) is 0.505. The highest BCUT2D eigenvalue weighted by Crippen LogP contribution is 2.30. The molecule has 0 atom stereocenters. The molecule has 2 aromatic rings. The van der Waals surface area contributed by atoms with Gasteiger partial charge in [-0.1, -0.05) is 39.1 Å². The average molecular weight is 406 g/mol. The number of benzene rings is 2. The van der Waals surface area contributed by atoms with Gasteiger partial charge in [-0.3, -0.25) is 4.72 Å². The first-order valence-corrected chi connectivity index (χ1v) is 8.54. The molecule has 2 rings (SSSR count). The topological polar surface area (TPSA) is 70.0 Å². The maximum Gasteiger partial charge on any atom is 0.263 e. The summed E-state index contributed by atoms with van der Waals surface area (Å²) in [6.45, 7) is 0. The van der Waals surface area contributed by atoms with E-state index in [2.05, 4.69) is 20.7 Å². The fourth-order valence-electron chi connectivity index (χ4n) is 1.56. The van der Waals surface area contributed by atoms with Crippen molar-refractivity contribution in [3.05, 3.63) is 56.5 Å². The third-order valence-electron chi connectivity index (χ3n) is 2.52. The number of rotatable bonds is 3. The highest BCUT2D eigenvalue weighted by molar-refractivity contribution is 9.10. The van der Waals surface area contributed by atoms with Crippen LogP contribution in [0.15, 0.2) is 45.8 Å². The number of nitrogens with zero attached hydrogens (tertiary/aromatic N) is 1. The van der Waals surface area contributed by atoms with Crippen molar-refractivity contribution in [3.8, 4) is 6.07 Å². The second kappa shape index (κ2) is 6.24. The number of nitrogens with one attached hydrogen (secondary N) is 1. The quantitative estimate of drug-likeness (QED) is 0.820. The number of sulfonamides is 1. The van der Waals surface area contributed by atoms with Crippen molar-refractivity contribution in [1.82, 2.24) is 0 Å². The number of halogens is 3. The second-order valence-electron chi connectivity index (χ2n) is 3.99. The van der Waals surface area contributed by atoms with Crippen molar-refractivity contribution in [2.45, 2.75) is 4.90 Å². The van der Waals surface area contributed by atoms with Gasteiger partial charge in [0.1, 0.15) is 4.90 Å². The molecule has 0 heterocycles. The molecule has 0 saturated heterocycles. The fraction of sp³-hybridized carbons (Fsp3) is 0. The van der Waals surface area contributed by atoms with E-state index in [1.165, 1.54) is 24.3 Å². The molecule has 21 heavy (non-hydrogen) atoms. The van der Waals surface area contributed by atoms with Crippen molar-refractivity contribution in [1.29, 1.82) is 5.26 Å². The molecule has 0 unspecified atom stereocenters. The van der Waals surface area contributed by atoms with Gasteiger partial charge in [0, 0.05) is 4.47 Å². The zero-order chi connectivity index (χ0) is 15.6. The minimum absolute atomic E-state index is 0.0346. The van der Waals surface area contributed by atoms with Gasteiger partial charge < -0.3 is 0 Å². The number of anilines is 1. The Morgan fingerprint density at radius 1 is 1.10 bits per heavy atom. The Morgan fingerprint density at radius 2 is 1.81 bits per heavy atom. The molecule has 0 saturated carbocycles. The minimum Gasteiger partial charge on any atom is -0.278 e. The molecule has 0 aliphatic carbocycles. The molecule has 8 heteroatoms. The van der Waals surface area contributed by atoms with Crippen molar-refractivity contribution in [3.63, 3.8) is 0 Å². The monoisotopic (exact) mass is 404 g/mol. The Bertz CT molecular complexity index is 848. The summed E-state index contributed by atoms with van der Waals surface area (Å²) in [4.78, 5) is -0.126. The van der Waals surface area contributed by atoms with Gasteiger partial charge in [-0.05, 0) is 36.4 Å². The smallest absolute Gasteiger partial charge is 0.263 e. The molecule has 0 spiro atoms. The van der Waals surface area contributed by atoms with Gasteiger partial charge in [0.2, 0.25) is 0 Å². The number of hydrogen-bond donors (Lipinski definition) is 1. The SMILES string of the molecule is N#Cc1ccc(S(=O)(=O)Nc2cc(Br)ccc2Cl)c(Cl)c1. The van der Waals surface area contributed by atoms with E-state index in [0.717, 1.165) is 0 Å². The first-order chi connectivity index (χ1) is 9.83. The summed E-state index contributed by atoms with van der Waals surface area (Å²) in [6.07, 6.45) is 0. The van der Waals surface area contributed by atoms with Crippen LogP contribution in [0.3, 0.4) is 0 Å². The standard InChI is InChI=1S/C13H7BrCl2N2O2S/c14-9-2-3-10(15)12(6-9)18-21(19,20)13-4-1-8(7-17)5-11(13)16/h1-6,18H. The molecule has 0 bridgehead atoms. The first-order valence-electron chi connectivity index (χ1n) is 5.51. The van der Waals surface area contributed by atoms with Gasteiger partial charge >= 0.3 is 0 Å². The van der Waals surface area contributed by atoms with E-state index in [0.29, 0.717) is 4.47 Å². The molecule has 1 N–H and O–H groups in total. The summed E-state index contributed by atoms with van der Waals surface area (Å²) in [6, 6.07) is 10.6. The molecule has 4 nitrogen and oxygen atoms in total. The lowest BCUT2D eigenvalue weighted by Crippen LogP contribution is -2.14. The van der Waals surface area contributed by atoms with Crippen LogP contribution in [0, 0.1) is 11.3 Å². The van der Waals surface area contributed by atoms with E-state index in [4.69, 9.17) is 28.5 Å². The summed E-state index contributed by atoms with van der Waals surface area (Å²) in [5, 5.41) is 8.98. The van der Waals surface area contributed by atoms with E-state index >= 15 is 0 Å². The van der Waals surface area contributed by atoms with Crippen LogP contribution in [0.5, 0.6) is 0 Å². The Balaban J connectivity index is 2.44. The Labute approximate surface area is 140 Å². The van der Waals surface area contributed by atoms with Crippen LogP contribution in [0.1, 0.15) is 5.56 Å². The molecular weight excluding hydrogens is 399 g/mol. The predicted octanol–water partition coefficient (Wildman–Crippen LogP) is 4.43. The lowest BCUT2D eigenvalue weighted by atomic mass is 10.2. The van der Waals surface area contributed by atoms with Crippen LogP contribution in [0.25, 0.3) is 0 Å². The van der Waals surface area contributed by atoms with Crippen LogP contribution in [0.2, 0.25) is 10.0 Å². The lowest BCUT2D eigenvalue weighted by Gasteiger charge is -2.11. The summed E-state index contributed by atoms with van der Waals surface area (Å²) in [5.74, 6) is 0. The zero-order valence-corrected chi connectivity index (χ0v) is 14.2. The highest BCUT2D eigenvalue weighted by Gasteiger charge is 2.19. The zero-order valence-electron chi connectivity index (χ0n) is 10.3. The maximum absolute atomic E-state index is 12.3. The Kier molecular flexibility index (Phi) is 4.79. The summed E-state index contributed by atoms with van der Waals surface area (Å²) in [7, 11) is -3.90. The van der Waals surface area contributed by atoms with E-state index in [1.807, 2.05) is 6.07 Å². The Hall–Kier alpha value is -1.26. The second-order valence-corrected chi connectivity index (χ2v) is 7.37. The highest BCUT2D eigenvalue weighted by atomic mass is 79.9. The van der Waals surface area contributed by atoms with Gasteiger partial charge in [0.15, 0.2) is 0 Å². The summed E-state index contributed by atoms with van der Waals surface area (Å²) < 4.78 is 27.7. The third kappa shape index (κ3) is 3.69. The van der Waals surface area contributed by atoms with Crippen molar-refractivity contribution >= 4 is 54.8 Å². The molecule has 108 valence electrons. The van der Waals surface area contributed by atoms with Gasteiger partial charge in [-0.2, -0.15) is 5.26 Å². The van der Waals surface area contributed by atoms with Crippen LogP contribution >= 0.6 is 39.1 Å². The van der Waals surface area contributed by atoms with Crippen LogP contribution < -0.4 is 4.72 Å². The molecule has 2 aromatic carbocycles. The predicted molar refractivity (Wildman–Crippen MR) is 86.1 cm³/mol. The minimum atomic E-state index is -3.90. The van der Waals surface area contributed by atoms with Crippen LogP contribution in [-0.4, -0.2) is 8.42 Å². The van der Waals surface area contributed by atoms with Crippen molar-refractivity contribution < 1.29 is 8.42 Å².